The lowest BCUT2D eigenvalue weighted by molar-refractivity contribution is 0.00372. The van der Waals surface area contributed by atoms with Crippen LogP contribution in [-0.4, -0.2) is 3.42 Å². The minimum Gasteiger partial charge on any atom is -0.0988 e. The average Bonchev–Trinajstić information content (AvgIpc) is 2.12. The Labute approximate surface area is 101 Å². The lowest BCUT2D eigenvalue weighted by Crippen LogP contribution is -2.54. The third-order valence-corrected chi connectivity index (χ3v) is 7.66. The summed E-state index contributed by atoms with van der Waals surface area (Å²) in [6.07, 6.45) is 7.56. The van der Waals surface area contributed by atoms with Crippen LogP contribution < -0.4 is 0 Å². The lowest BCUT2D eigenvalue weighted by atomic mass is 9.51. The zero-order chi connectivity index (χ0) is 9.92. The topological polar surface area (TPSA) is 0 Å². The Morgan fingerprint density at radius 2 is 1.50 bits per heavy atom. The molecule has 0 aromatic carbocycles. The van der Waals surface area contributed by atoms with Gasteiger partial charge >= 0.3 is 0 Å². The Morgan fingerprint density at radius 3 is 1.86 bits per heavy atom. The van der Waals surface area contributed by atoms with Crippen LogP contribution in [0.15, 0.2) is 12.2 Å². The van der Waals surface area contributed by atoms with Gasteiger partial charge in [-0.3, -0.25) is 0 Å². The summed E-state index contributed by atoms with van der Waals surface area (Å²) in [7, 11) is 0. The van der Waals surface area contributed by atoms with Crippen LogP contribution in [0.2, 0.25) is 0 Å². The van der Waals surface area contributed by atoms with E-state index in [1.165, 1.54) is 31.3 Å². The van der Waals surface area contributed by atoms with Crippen molar-refractivity contribution in [1.29, 1.82) is 0 Å². The number of hydrogen-bond acceptors (Lipinski definition) is 0. The van der Waals surface area contributed by atoms with Gasteiger partial charge in [-0.2, -0.15) is 0 Å². The number of rotatable bonds is 1. The van der Waals surface area contributed by atoms with Crippen LogP contribution in [0.4, 0.5) is 0 Å². The van der Waals surface area contributed by atoms with Gasteiger partial charge in [0.1, 0.15) is 0 Å². The van der Waals surface area contributed by atoms with E-state index in [2.05, 4.69) is 36.1 Å². The molecule has 0 aliphatic heterocycles. The molecule has 14 heavy (non-hydrogen) atoms. The second kappa shape index (κ2) is 2.99. The standard InChI is InChI=1S/C13H19I/c1-8(2)13(14)11-4-9-3-10(6-11)7-12(13)5-9/h9-12H,1,3-7H2,2H3. The van der Waals surface area contributed by atoms with E-state index in [9.17, 15) is 0 Å². The Kier molecular flexibility index (Phi) is 2.07. The third-order valence-electron chi connectivity index (χ3n) is 4.98. The maximum Gasteiger partial charge on any atom is 0.0481 e. The Hall–Kier alpha value is 0.470. The van der Waals surface area contributed by atoms with Gasteiger partial charge < -0.3 is 0 Å². The van der Waals surface area contributed by atoms with E-state index >= 15 is 0 Å². The molecule has 4 aliphatic carbocycles. The normalized spacial score (nSPS) is 55.0. The van der Waals surface area contributed by atoms with Crippen molar-refractivity contribution in [1.82, 2.24) is 0 Å². The van der Waals surface area contributed by atoms with Crippen molar-refractivity contribution < 1.29 is 0 Å². The molecule has 0 aromatic rings. The quantitative estimate of drug-likeness (QED) is 0.387. The molecule has 0 saturated heterocycles. The van der Waals surface area contributed by atoms with Crippen molar-refractivity contribution in [2.45, 2.75) is 42.4 Å². The predicted molar refractivity (Wildman–Crippen MR) is 68.6 cm³/mol. The van der Waals surface area contributed by atoms with Crippen molar-refractivity contribution in [3.8, 4) is 0 Å². The molecule has 0 spiro atoms. The summed E-state index contributed by atoms with van der Waals surface area (Å²) in [4.78, 5) is 0. The number of halogens is 1. The summed E-state index contributed by atoms with van der Waals surface area (Å²) >= 11 is 2.75. The Morgan fingerprint density at radius 1 is 1.07 bits per heavy atom. The van der Waals surface area contributed by atoms with Gasteiger partial charge in [0.15, 0.2) is 0 Å². The second-order valence-electron chi connectivity index (χ2n) is 5.85. The van der Waals surface area contributed by atoms with Gasteiger partial charge in [-0.1, -0.05) is 34.7 Å². The van der Waals surface area contributed by atoms with Crippen LogP contribution >= 0.6 is 22.6 Å². The molecule has 0 heterocycles. The molecule has 0 unspecified atom stereocenters. The van der Waals surface area contributed by atoms with E-state index < -0.39 is 0 Å². The largest absolute Gasteiger partial charge is 0.0988 e. The van der Waals surface area contributed by atoms with E-state index in [-0.39, 0.29) is 0 Å². The van der Waals surface area contributed by atoms with Crippen molar-refractivity contribution in [3.63, 3.8) is 0 Å². The molecule has 0 N–H and O–H groups in total. The summed E-state index contributed by atoms with van der Waals surface area (Å²) in [5.74, 6) is 4.10. The van der Waals surface area contributed by atoms with E-state index in [0.29, 0.717) is 3.42 Å². The molecule has 1 heteroatoms. The van der Waals surface area contributed by atoms with Crippen molar-refractivity contribution in [3.05, 3.63) is 12.2 Å². The van der Waals surface area contributed by atoms with Gasteiger partial charge in [0.25, 0.3) is 0 Å². The molecular weight excluding hydrogens is 283 g/mol. The zero-order valence-corrected chi connectivity index (χ0v) is 11.1. The van der Waals surface area contributed by atoms with Crippen molar-refractivity contribution in [2.24, 2.45) is 23.7 Å². The van der Waals surface area contributed by atoms with Crippen LogP contribution in [0.5, 0.6) is 0 Å². The van der Waals surface area contributed by atoms with E-state index in [1.807, 2.05) is 0 Å². The van der Waals surface area contributed by atoms with Gasteiger partial charge in [0, 0.05) is 3.42 Å². The Balaban J connectivity index is 1.98. The van der Waals surface area contributed by atoms with Crippen molar-refractivity contribution in [2.75, 3.05) is 0 Å². The van der Waals surface area contributed by atoms with Gasteiger partial charge in [-0.05, 0) is 62.7 Å². The summed E-state index contributed by atoms with van der Waals surface area (Å²) in [5, 5.41) is 0. The smallest absolute Gasteiger partial charge is 0.0481 e. The highest BCUT2D eigenvalue weighted by molar-refractivity contribution is 14.1. The molecule has 0 amide bonds. The van der Waals surface area contributed by atoms with E-state index in [4.69, 9.17) is 0 Å². The third kappa shape index (κ3) is 1.11. The Bertz CT molecular complexity index is 251. The molecule has 0 nitrogen and oxygen atoms in total. The predicted octanol–water partition coefficient (Wildman–Crippen LogP) is 4.19. The molecule has 0 radical (unpaired) electrons. The monoisotopic (exact) mass is 302 g/mol. The lowest BCUT2D eigenvalue weighted by Gasteiger charge is -2.59. The summed E-state index contributed by atoms with van der Waals surface area (Å²) in [6, 6.07) is 0. The molecule has 4 saturated carbocycles. The van der Waals surface area contributed by atoms with Gasteiger partial charge in [-0.15, -0.1) is 0 Å². The molecule has 0 aromatic heterocycles. The molecule has 4 rings (SSSR count). The van der Waals surface area contributed by atoms with E-state index in [1.54, 1.807) is 6.42 Å². The minimum atomic E-state index is 0.477. The summed E-state index contributed by atoms with van der Waals surface area (Å²) in [5.41, 5.74) is 1.45. The summed E-state index contributed by atoms with van der Waals surface area (Å²) < 4.78 is 0.477. The van der Waals surface area contributed by atoms with Crippen molar-refractivity contribution >= 4 is 22.6 Å². The molecule has 4 aliphatic rings. The van der Waals surface area contributed by atoms with Crippen LogP contribution in [-0.2, 0) is 0 Å². The van der Waals surface area contributed by atoms with Crippen LogP contribution in [0.1, 0.15) is 39.0 Å². The van der Waals surface area contributed by atoms with Crippen LogP contribution in [0.3, 0.4) is 0 Å². The second-order valence-corrected chi connectivity index (χ2v) is 7.64. The first kappa shape index (κ1) is 9.68. The van der Waals surface area contributed by atoms with Crippen LogP contribution in [0.25, 0.3) is 0 Å². The fourth-order valence-electron chi connectivity index (χ4n) is 4.57. The number of alkyl halides is 1. The average molecular weight is 302 g/mol. The zero-order valence-electron chi connectivity index (χ0n) is 8.93. The highest BCUT2D eigenvalue weighted by Gasteiger charge is 2.56. The first-order valence-corrected chi connectivity index (χ1v) is 7.03. The highest BCUT2D eigenvalue weighted by atomic mass is 127. The summed E-state index contributed by atoms with van der Waals surface area (Å²) in [6.45, 7) is 6.52. The number of hydrogen-bond donors (Lipinski definition) is 0. The van der Waals surface area contributed by atoms with Gasteiger partial charge in [-0.25, -0.2) is 0 Å². The van der Waals surface area contributed by atoms with Gasteiger partial charge in [0.05, 0.1) is 0 Å². The molecular formula is C13H19I. The minimum absolute atomic E-state index is 0.477. The van der Waals surface area contributed by atoms with Crippen LogP contribution in [0, 0.1) is 23.7 Å². The molecule has 4 bridgehead atoms. The maximum absolute atomic E-state index is 4.27. The fourth-order valence-corrected chi connectivity index (χ4v) is 5.58. The maximum atomic E-state index is 4.27. The SMILES string of the molecule is C=C(C)C1(I)C2CC3CC(C2)CC1C3. The number of allylic oxidation sites excluding steroid dienone is 1. The molecule has 78 valence electrons. The van der Waals surface area contributed by atoms with Gasteiger partial charge in [0.2, 0.25) is 0 Å². The molecule has 4 fully saturated rings. The first-order valence-electron chi connectivity index (χ1n) is 5.95. The molecule has 0 atom stereocenters. The highest BCUT2D eigenvalue weighted by Crippen LogP contribution is 2.63. The fraction of sp³-hybridized carbons (Fsp3) is 0.846. The first-order chi connectivity index (χ1) is 6.60. The van der Waals surface area contributed by atoms with E-state index in [0.717, 1.165) is 23.7 Å².